The summed E-state index contributed by atoms with van der Waals surface area (Å²) in [6.45, 7) is 6.41. The molecule has 2 aliphatic rings. The third kappa shape index (κ3) is 5.66. The largest absolute Gasteiger partial charge is 0.486 e. The normalized spacial score (nSPS) is 21.0. The van der Waals surface area contributed by atoms with E-state index in [2.05, 4.69) is 20.2 Å². The Morgan fingerprint density at radius 2 is 2.14 bits per heavy atom. The number of nitrogens with zero attached hydrogens (tertiary/aromatic N) is 2. The van der Waals surface area contributed by atoms with Gasteiger partial charge in [-0.15, -0.1) is 0 Å². The van der Waals surface area contributed by atoms with Gasteiger partial charge in [0, 0.05) is 43.6 Å². The number of halogens is 1. The van der Waals surface area contributed by atoms with Crippen LogP contribution in [0.15, 0.2) is 41.2 Å². The average molecular weight is 525 g/mol. The summed E-state index contributed by atoms with van der Waals surface area (Å²) in [5.74, 6) is 1.13. The van der Waals surface area contributed by atoms with Crippen molar-refractivity contribution in [2.75, 3.05) is 26.7 Å². The minimum atomic E-state index is -0.363. The molecule has 0 bridgehead atoms. The van der Waals surface area contributed by atoms with Gasteiger partial charge >= 0.3 is 0 Å². The van der Waals surface area contributed by atoms with Crippen molar-refractivity contribution in [2.24, 2.45) is 0 Å². The van der Waals surface area contributed by atoms with Gasteiger partial charge in [0.2, 0.25) is 0 Å². The number of ether oxygens (including phenoxy) is 2. The maximum absolute atomic E-state index is 13.3. The number of fused-ring (bicyclic) bond motifs is 2. The molecule has 37 heavy (non-hydrogen) atoms. The number of aryl methyl sites for hydroxylation is 1. The molecule has 1 saturated heterocycles. The Balaban J connectivity index is 1.18. The number of para-hydroxylation sites is 1. The standard InChI is InChI=1S/C28H33ClN4O4/c1-28(2)15-17-13-18(29)14-20(25(17)37-28)27(35)31-22-10-12-33(16-23(22)36-3)11-6-9-24-30-21-8-5-4-7-19(21)26(34)32-24/h4-5,7-8,13-14,22-23H,6,9-12,15-16H2,1-3H3,(H,31,35)(H,30,32,34)/t22-,23+/m1/s1. The van der Waals surface area contributed by atoms with E-state index >= 15 is 0 Å². The van der Waals surface area contributed by atoms with Gasteiger partial charge in [-0.05, 0) is 57.5 Å². The molecule has 0 unspecified atom stereocenters. The summed E-state index contributed by atoms with van der Waals surface area (Å²) < 4.78 is 11.9. The predicted octanol–water partition coefficient (Wildman–Crippen LogP) is 3.74. The zero-order valence-electron chi connectivity index (χ0n) is 21.5. The molecule has 0 saturated carbocycles. The molecule has 8 nitrogen and oxygen atoms in total. The molecule has 9 heteroatoms. The number of amides is 1. The predicted molar refractivity (Wildman–Crippen MR) is 144 cm³/mol. The van der Waals surface area contributed by atoms with E-state index < -0.39 is 0 Å². The van der Waals surface area contributed by atoms with Gasteiger partial charge in [0.05, 0.1) is 28.6 Å². The van der Waals surface area contributed by atoms with Crippen LogP contribution < -0.4 is 15.6 Å². The molecule has 2 atom stereocenters. The molecular weight excluding hydrogens is 492 g/mol. The van der Waals surface area contributed by atoms with E-state index in [0.717, 1.165) is 37.0 Å². The van der Waals surface area contributed by atoms with Gasteiger partial charge in [-0.25, -0.2) is 4.98 Å². The second-order valence-corrected chi connectivity index (χ2v) is 11.0. The van der Waals surface area contributed by atoms with Crippen molar-refractivity contribution in [3.05, 3.63) is 68.7 Å². The number of nitrogens with one attached hydrogen (secondary N) is 2. The van der Waals surface area contributed by atoms with Crippen LogP contribution in [0, 0.1) is 0 Å². The monoisotopic (exact) mass is 524 g/mol. The minimum Gasteiger partial charge on any atom is -0.486 e. The van der Waals surface area contributed by atoms with Crippen LogP contribution >= 0.6 is 11.6 Å². The zero-order chi connectivity index (χ0) is 26.2. The lowest BCUT2D eigenvalue weighted by molar-refractivity contribution is 0.00609. The molecule has 1 aromatic heterocycles. The molecule has 3 aromatic rings. The Kier molecular flexibility index (Phi) is 7.25. The molecule has 1 amide bonds. The molecule has 2 N–H and O–H groups in total. The lowest BCUT2D eigenvalue weighted by atomic mass is 9.99. The van der Waals surface area contributed by atoms with E-state index in [0.29, 0.717) is 46.9 Å². The number of carbonyl (C=O) groups excluding carboxylic acids is 1. The SMILES string of the molecule is CO[C@H]1CN(CCCc2nc3ccccc3c(=O)[nH]2)CC[C@H]1NC(=O)c1cc(Cl)cc2c1OC(C)(C)C2. The highest BCUT2D eigenvalue weighted by atomic mass is 35.5. The maximum Gasteiger partial charge on any atom is 0.258 e. The van der Waals surface area contributed by atoms with Crippen molar-refractivity contribution >= 4 is 28.4 Å². The molecule has 0 spiro atoms. The molecular formula is C28H33ClN4O4. The zero-order valence-corrected chi connectivity index (χ0v) is 22.2. The molecule has 196 valence electrons. The number of aromatic nitrogens is 2. The number of benzene rings is 2. The Hall–Kier alpha value is -2.94. The molecule has 0 aliphatic carbocycles. The third-order valence-corrected chi connectivity index (χ3v) is 7.40. The smallest absolute Gasteiger partial charge is 0.258 e. The van der Waals surface area contributed by atoms with E-state index in [4.69, 9.17) is 21.1 Å². The summed E-state index contributed by atoms with van der Waals surface area (Å²) in [6, 6.07) is 10.8. The van der Waals surface area contributed by atoms with Crippen LogP contribution in [0.5, 0.6) is 5.75 Å². The van der Waals surface area contributed by atoms with Crippen LogP contribution in [0.3, 0.4) is 0 Å². The number of carbonyl (C=O) groups is 1. The number of aromatic amines is 1. The summed E-state index contributed by atoms with van der Waals surface area (Å²) in [4.78, 5) is 35.4. The lowest BCUT2D eigenvalue weighted by Gasteiger charge is -2.38. The fourth-order valence-electron chi connectivity index (χ4n) is 5.40. The van der Waals surface area contributed by atoms with Gasteiger partial charge in [0.1, 0.15) is 17.2 Å². The number of H-pyrrole nitrogens is 1. The Labute approximate surface area is 221 Å². The third-order valence-electron chi connectivity index (χ3n) is 7.18. The van der Waals surface area contributed by atoms with Crippen LogP contribution in [0.4, 0.5) is 0 Å². The van der Waals surface area contributed by atoms with Gasteiger partial charge in [-0.3, -0.25) is 9.59 Å². The molecule has 0 radical (unpaired) electrons. The van der Waals surface area contributed by atoms with E-state index in [1.807, 2.05) is 38.1 Å². The van der Waals surface area contributed by atoms with Crippen molar-refractivity contribution in [1.82, 2.24) is 20.2 Å². The summed E-state index contributed by atoms with van der Waals surface area (Å²) >= 11 is 6.32. The summed E-state index contributed by atoms with van der Waals surface area (Å²) in [7, 11) is 1.68. The first-order valence-electron chi connectivity index (χ1n) is 12.8. The number of methoxy groups -OCH3 is 1. The highest BCUT2D eigenvalue weighted by molar-refractivity contribution is 6.31. The first kappa shape index (κ1) is 25.7. The van der Waals surface area contributed by atoms with Gasteiger partial charge in [-0.2, -0.15) is 0 Å². The second-order valence-electron chi connectivity index (χ2n) is 10.6. The summed E-state index contributed by atoms with van der Waals surface area (Å²) in [6.07, 6.45) is 2.89. The topological polar surface area (TPSA) is 96.5 Å². The Bertz CT molecular complexity index is 1370. The highest BCUT2D eigenvalue weighted by Crippen LogP contribution is 2.39. The van der Waals surface area contributed by atoms with E-state index in [-0.39, 0.29) is 29.2 Å². The summed E-state index contributed by atoms with van der Waals surface area (Å²) in [5.41, 5.74) is 1.69. The molecule has 2 aliphatic heterocycles. The second kappa shape index (κ2) is 10.4. The van der Waals surface area contributed by atoms with E-state index in [9.17, 15) is 9.59 Å². The van der Waals surface area contributed by atoms with Gasteiger partial charge in [-0.1, -0.05) is 23.7 Å². The average Bonchev–Trinajstić information content (AvgIpc) is 3.17. The van der Waals surface area contributed by atoms with Crippen LogP contribution in [-0.2, 0) is 17.6 Å². The van der Waals surface area contributed by atoms with Gasteiger partial charge in [0.15, 0.2) is 0 Å². The van der Waals surface area contributed by atoms with Crippen molar-refractivity contribution in [2.45, 2.75) is 57.3 Å². The van der Waals surface area contributed by atoms with Gasteiger partial charge in [0.25, 0.3) is 11.5 Å². The number of hydrogen-bond donors (Lipinski definition) is 2. The van der Waals surface area contributed by atoms with Crippen molar-refractivity contribution in [3.63, 3.8) is 0 Å². The van der Waals surface area contributed by atoms with Crippen LogP contribution in [0.25, 0.3) is 10.9 Å². The van der Waals surface area contributed by atoms with Crippen molar-refractivity contribution in [1.29, 1.82) is 0 Å². The first-order valence-corrected chi connectivity index (χ1v) is 13.2. The van der Waals surface area contributed by atoms with Gasteiger partial charge < -0.3 is 24.7 Å². The van der Waals surface area contributed by atoms with Crippen molar-refractivity contribution < 1.29 is 14.3 Å². The first-order chi connectivity index (χ1) is 17.7. The highest BCUT2D eigenvalue weighted by Gasteiger charge is 2.36. The van der Waals surface area contributed by atoms with E-state index in [1.165, 1.54) is 0 Å². The maximum atomic E-state index is 13.3. The Morgan fingerprint density at radius 3 is 2.95 bits per heavy atom. The quantitative estimate of drug-likeness (QED) is 0.489. The lowest BCUT2D eigenvalue weighted by Crippen LogP contribution is -2.55. The Morgan fingerprint density at radius 1 is 1.32 bits per heavy atom. The fourth-order valence-corrected chi connectivity index (χ4v) is 5.64. The summed E-state index contributed by atoms with van der Waals surface area (Å²) in [5, 5.41) is 4.31. The fraction of sp³-hybridized carbons (Fsp3) is 0.464. The number of likely N-dealkylation sites (tertiary alicyclic amines) is 1. The molecule has 3 heterocycles. The molecule has 5 rings (SSSR count). The van der Waals surface area contributed by atoms with Crippen molar-refractivity contribution in [3.8, 4) is 5.75 Å². The molecule has 1 fully saturated rings. The van der Waals surface area contributed by atoms with Crippen LogP contribution in [0.2, 0.25) is 5.02 Å². The van der Waals surface area contributed by atoms with Crippen LogP contribution in [-0.4, -0.2) is 65.3 Å². The minimum absolute atomic E-state index is 0.101. The van der Waals surface area contributed by atoms with E-state index in [1.54, 1.807) is 19.2 Å². The van der Waals surface area contributed by atoms with Crippen LogP contribution in [0.1, 0.15) is 48.4 Å². The number of rotatable bonds is 7. The number of piperidine rings is 1. The molecule has 2 aromatic carbocycles. The number of hydrogen-bond acceptors (Lipinski definition) is 6.